The Labute approximate surface area is 137 Å². The highest BCUT2D eigenvalue weighted by Crippen LogP contribution is 2.25. The molecule has 0 aliphatic rings. The Kier molecular flexibility index (Phi) is 3.42. The van der Waals surface area contributed by atoms with Crippen LogP contribution in [-0.4, -0.2) is 20.3 Å². The number of aromatic amines is 1. The largest absolute Gasteiger partial charge is 0.332 e. The Morgan fingerprint density at radius 1 is 0.958 bits per heavy atom. The lowest BCUT2D eigenvalue weighted by molar-refractivity contribution is 0.431. The first kappa shape index (κ1) is 14.3. The molecule has 0 atom stereocenters. The van der Waals surface area contributed by atoms with E-state index in [0.29, 0.717) is 23.0 Å². The molecule has 2 aromatic heterocycles. The summed E-state index contributed by atoms with van der Waals surface area (Å²) < 4.78 is 18.3. The van der Waals surface area contributed by atoms with E-state index in [9.17, 15) is 4.39 Å². The zero-order chi connectivity index (χ0) is 16.5. The van der Waals surface area contributed by atoms with Gasteiger partial charge in [0, 0.05) is 11.1 Å². The van der Waals surface area contributed by atoms with Crippen LogP contribution in [0, 0.1) is 12.7 Å². The summed E-state index contributed by atoms with van der Waals surface area (Å²) in [5.41, 5.74) is 4.30. The van der Waals surface area contributed by atoms with Crippen molar-refractivity contribution in [3.63, 3.8) is 0 Å². The highest BCUT2D eigenvalue weighted by Gasteiger charge is 2.14. The van der Waals surface area contributed by atoms with Gasteiger partial charge in [-0.2, -0.15) is 10.1 Å². The molecule has 0 saturated carbocycles. The molecule has 4 aromatic rings. The van der Waals surface area contributed by atoms with Gasteiger partial charge in [-0.25, -0.2) is 4.39 Å². The molecule has 2 aromatic carbocycles. The highest BCUT2D eigenvalue weighted by atomic mass is 19.1. The van der Waals surface area contributed by atoms with Gasteiger partial charge in [-0.1, -0.05) is 35.0 Å². The maximum absolute atomic E-state index is 13.0. The van der Waals surface area contributed by atoms with Crippen molar-refractivity contribution in [2.24, 2.45) is 0 Å². The van der Waals surface area contributed by atoms with Crippen LogP contribution in [0.1, 0.15) is 5.56 Å². The molecular weight excluding hydrogens is 307 g/mol. The SMILES string of the molecule is Cc1ccc(-c2cc(-c3nc(-c4ccc(F)cc4)no3)[nH]n2)cc1. The van der Waals surface area contributed by atoms with E-state index in [1.54, 1.807) is 12.1 Å². The highest BCUT2D eigenvalue weighted by molar-refractivity contribution is 5.65. The van der Waals surface area contributed by atoms with Crippen molar-refractivity contribution in [1.82, 2.24) is 20.3 Å². The molecule has 0 saturated heterocycles. The van der Waals surface area contributed by atoms with Crippen LogP contribution >= 0.6 is 0 Å². The molecule has 0 radical (unpaired) electrons. The number of halogens is 1. The topological polar surface area (TPSA) is 67.6 Å². The van der Waals surface area contributed by atoms with E-state index >= 15 is 0 Å². The first-order valence-electron chi connectivity index (χ1n) is 7.41. The minimum atomic E-state index is -0.307. The standard InChI is InChI=1S/C18H13FN4O/c1-11-2-4-12(5-3-11)15-10-16(22-21-15)18-20-17(23-24-18)13-6-8-14(19)9-7-13/h2-10H,1H3,(H,21,22). The zero-order valence-electron chi connectivity index (χ0n) is 12.8. The molecule has 118 valence electrons. The van der Waals surface area contributed by atoms with Crippen LogP contribution in [-0.2, 0) is 0 Å². The van der Waals surface area contributed by atoms with Gasteiger partial charge in [0.15, 0.2) is 0 Å². The van der Waals surface area contributed by atoms with Crippen LogP contribution < -0.4 is 0 Å². The molecule has 5 nitrogen and oxygen atoms in total. The van der Waals surface area contributed by atoms with E-state index in [4.69, 9.17) is 4.52 Å². The smallest absolute Gasteiger partial charge is 0.276 e. The van der Waals surface area contributed by atoms with Crippen LogP contribution in [0.5, 0.6) is 0 Å². The molecule has 6 heteroatoms. The number of hydrogen-bond donors (Lipinski definition) is 1. The molecule has 0 spiro atoms. The van der Waals surface area contributed by atoms with Gasteiger partial charge >= 0.3 is 0 Å². The second-order valence-corrected chi connectivity index (χ2v) is 5.46. The van der Waals surface area contributed by atoms with Crippen LogP contribution in [0.25, 0.3) is 34.2 Å². The zero-order valence-corrected chi connectivity index (χ0v) is 12.8. The van der Waals surface area contributed by atoms with E-state index in [0.717, 1.165) is 11.3 Å². The van der Waals surface area contributed by atoms with Crippen LogP contribution in [0.3, 0.4) is 0 Å². The van der Waals surface area contributed by atoms with Gasteiger partial charge in [-0.3, -0.25) is 5.10 Å². The maximum atomic E-state index is 13.0. The molecule has 2 heterocycles. The van der Waals surface area contributed by atoms with E-state index < -0.39 is 0 Å². The lowest BCUT2D eigenvalue weighted by Crippen LogP contribution is -1.82. The molecule has 0 amide bonds. The van der Waals surface area contributed by atoms with Crippen LogP contribution in [0.4, 0.5) is 4.39 Å². The number of nitrogens with zero attached hydrogens (tertiary/aromatic N) is 3. The predicted molar refractivity (Wildman–Crippen MR) is 87.4 cm³/mol. The lowest BCUT2D eigenvalue weighted by atomic mass is 10.1. The Hall–Kier alpha value is -3.28. The molecule has 0 fully saturated rings. The summed E-state index contributed by atoms with van der Waals surface area (Å²) in [6, 6.07) is 15.9. The van der Waals surface area contributed by atoms with Gasteiger partial charge in [0.05, 0.1) is 5.69 Å². The quantitative estimate of drug-likeness (QED) is 0.613. The fraction of sp³-hybridized carbons (Fsp3) is 0.0556. The van der Waals surface area contributed by atoms with Crippen molar-refractivity contribution >= 4 is 0 Å². The van der Waals surface area contributed by atoms with Gasteiger partial charge in [-0.15, -0.1) is 0 Å². The summed E-state index contributed by atoms with van der Waals surface area (Å²) in [6.07, 6.45) is 0. The fourth-order valence-electron chi connectivity index (χ4n) is 2.35. The summed E-state index contributed by atoms with van der Waals surface area (Å²) in [5, 5.41) is 11.1. The molecule has 0 bridgehead atoms. The molecule has 0 aliphatic heterocycles. The van der Waals surface area contributed by atoms with Crippen molar-refractivity contribution in [2.45, 2.75) is 6.92 Å². The van der Waals surface area contributed by atoms with E-state index in [1.807, 2.05) is 37.3 Å². The molecular formula is C18H13FN4O. The second kappa shape index (κ2) is 5.73. The molecule has 0 unspecified atom stereocenters. The van der Waals surface area contributed by atoms with Crippen molar-refractivity contribution in [3.05, 3.63) is 66.0 Å². The van der Waals surface area contributed by atoms with Crippen molar-refractivity contribution < 1.29 is 8.91 Å². The van der Waals surface area contributed by atoms with E-state index in [-0.39, 0.29) is 5.82 Å². The predicted octanol–water partition coefficient (Wildman–Crippen LogP) is 4.24. The molecule has 4 rings (SSSR count). The number of hydrogen-bond acceptors (Lipinski definition) is 4. The van der Waals surface area contributed by atoms with Crippen LogP contribution in [0.2, 0.25) is 0 Å². The summed E-state index contributed by atoms with van der Waals surface area (Å²) >= 11 is 0. The second-order valence-electron chi connectivity index (χ2n) is 5.46. The Bertz CT molecular complexity index is 889. The monoisotopic (exact) mass is 320 g/mol. The lowest BCUT2D eigenvalue weighted by Gasteiger charge is -1.95. The van der Waals surface area contributed by atoms with Gasteiger partial charge in [0.25, 0.3) is 5.89 Å². The van der Waals surface area contributed by atoms with Crippen molar-refractivity contribution in [3.8, 4) is 34.2 Å². The molecule has 1 N–H and O–H groups in total. The Balaban J connectivity index is 1.63. The summed E-state index contributed by atoms with van der Waals surface area (Å²) in [7, 11) is 0. The number of benzene rings is 2. The third kappa shape index (κ3) is 2.69. The summed E-state index contributed by atoms with van der Waals surface area (Å²) in [4.78, 5) is 4.33. The van der Waals surface area contributed by atoms with E-state index in [1.165, 1.54) is 17.7 Å². The minimum Gasteiger partial charge on any atom is -0.332 e. The van der Waals surface area contributed by atoms with Gasteiger partial charge in [0.1, 0.15) is 11.5 Å². The average molecular weight is 320 g/mol. The minimum absolute atomic E-state index is 0.307. The Morgan fingerprint density at radius 3 is 2.42 bits per heavy atom. The number of aromatic nitrogens is 4. The average Bonchev–Trinajstić information content (AvgIpc) is 3.25. The summed E-state index contributed by atoms with van der Waals surface area (Å²) in [6.45, 7) is 2.04. The third-order valence-corrected chi connectivity index (χ3v) is 3.68. The van der Waals surface area contributed by atoms with Gasteiger partial charge in [0.2, 0.25) is 5.82 Å². The fourth-order valence-corrected chi connectivity index (χ4v) is 2.35. The molecule has 0 aliphatic carbocycles. The first-order valence-corrected chi connectivity index (χ1v) is 7.41. The number of H-pyrrole nitrogens is 1. The van der Waals surface area contributed by atoms with Gasteiger partial charge in [-0.05, 0) is 37.3 Å². The number of aryl methyl sites for hydroxylation is 1. The number of rotatable bonds is 3. The Morgan fingerprint density at radius 2 is 1.67 bits per heavy atom. The van der Waals surface area contributed by atoms with Gasteiger partial charge < -0.3 is 4.52 Å². The summed E-state index contributed by atoms with van der Waals surface area (Å²) in [5.74, 6) is 0.426. The first-order chi connectivity index (χ1) is 11.7. The van der Waals surface area contributed by atoms with Crippen LogP contribution in [0.15, 0.2) is 59.1 Å². The number of nitrogens with one attached hydrogen (secondary N) is 1. The third-order valence-electron chi connectivity index (χ3n) is 3.68. The van der Waals surface area contributed by atoms with E-state index in [2.05, 4.69) is 20.3 Å². The van der Waals surface area contributed by atoms with Crippen molar-refractivity contribution in [2.75, 3.05) is 0 Å². The molecule has 24 heavy (non-hydrogen) atoms. The maximum Gasteiger partial charge on any atom is 0.276 e. The normalized spacial score (nSPS) is 10.9. The van der Waals surface area contributed by atoms with Crippen molar-refractivity contribution in [1.29, 1.82) is 0 Å².